The maximum Gasteiger partial charge on any atom is 0.161 e. The summed E-state index contributed by atoms with van der Waals surface area (Å²) in [6.45, 7) is 5.21. The summed E-state index contributed by atoms with van der Waals surface area (Å²) in [7, 11) is 0. The van der Waals surface area contributed by atoms with E-state index in [1.54, 1.807) is 6.07 Å². The molecule has 0 saturated carbocycles. The number of phenolic OH excluding ortho intramolecular Hbond substituents is 1. The Labute approximate surface area is 130 Å². The molecule has 1 unspecified atom stereocenters. The van der Waals surface area contributed by atoms with Crippen LogP contribution in [0.1, 0.15) is 31.0 Å². The second kappa shape index (κ2) is 7.34. The Bertz CT molecular complexity index is 601. The number of benzene rings is 2. The highest BCUT2D eigenvalue weighted by Gasteiger charge is 2.07. The molecule has 0 fully saturated rings. The standard InChI is InChI=1S/C17H20ClNO2/c1-3-21-17-9-13(7-8-16(17)20)11-19-12(2)14-5-4-6-15(18)10-14/h4-10,12,19-20H,3,11H2,1-2H3. The van der Waals surface area contributed by atoms with Crippen molar-refractivity contribution < 1.29 is 9.84 Å². The number of rotatable bonds is 6. The van der Waals surface area contributed by atoms with Crippen molar-refractivity contribution in [3.8, 4) is 11.5 Å². The molecule has 0 aromatic heterocycles. The maximum absolute atomic E-state index is 9.69. The number of aromatic hydroxyl groups is 1. The first-order valence-electron chi connectivity index (χ1n) is 7.03. The number of ether oxygens (including phenoxy) is 1. The Morgan fingerprint density at radius 3 is 2.76 bits per heavy atom. The van der Waals surface area contributed by atoms with E-state index in [1.807, 2.05) is 43.3 Å². The van der Waals surface area contributed by atoms with Crippen molar-refractivity contribution >= 4 is 11.6 Å². The van der Waals surface area contributed by atoms with E-state index in [-0.39, 0.29) is 11.8 Å². The van der Waals surface area contributed by atoms with Crippen LogP contribution in [0.15, 0.2) is 42.5 Å². The van der Waals surface area contributed by atoms with Crippen molar-refractivity contribution in [1.82, 2.24) is 5.32 Å². The summed E-state index contributed by atoms with van der Waals surface area (Å²) in [6, 6.07) is 13.4. The van der Waals surface area contributed by atoms with Crippen molar-refractivity contribution in [1.29, 1.82) is 0 Å². The lowest BCUT2D eigenvalue weighted by Gasteiger charge is -2.15. The summed E-state index contributed by atoms with van der Waals surface area (Å²) in [6.07, 6.45) is 0. The van der Waals surface area contributed by atoms with E-state index in [2.05, 4.69) is 12.2 Å². The zero-order valence-electron chi connectivity index (χ0n) is 12.3. The van der Waals surface area contributed by atoms with Crippen molar-refractivity contribution in [2.24, 2.45) is 0 Å². The topological polar surface area (TPSA) is 41.5 Å². The van der Waals surface area contributed by atoms with Crippen LogP contribution in [0.25, 0.3) is 0 Å². The molecule has 0 aliphatic heterocycles. The Balaban J connectivity index is 2.01. The predicted molar refractivity (Wildman–Crippen MR) is 86.0 cm³/mol. The summed E-state index contributed by atoms with van der Waals surface area (Å²) in [5.74, 6) is 0.690. The number of hydrogen-bond acceptors (Lipinski definition) is 3. The summed E-state index contributed by atoms with van der Waals surface area (Å²) in [4.78, 5) is 0. The zero-order chi connectivity index (χ0) is 15.2. The molecule has 0 aliphatic rings. The largest absolute Gasteiger partial charge is 0.504 e. The van der Waals surface area contributed by atoms with Crippen LogP contribution in [0.2, 0.25) is 5.02 Å². The van der Waals surface area contributed by atoms with Gasteiger partial charge in [-0.2, -0.15) is 0 Å². The van der Waals surface area contributed by atoms with Gasteiger partial charge in [0.25, 0.3) is 0 Å². The first-order valence-corrected chi connectivity index (χ1v) is 7.41. The van der Waals surface area contributed by atoms with E-state index in [4.69, 9.17) is 16.3 Å². The van der Waals surface area contributed by atoms with Gasteiger partial charge in [-0.25, -0.2) is 0 Å². The molecular formula is C17H20ClNO2. The van der Waals surface area contributed by atoms with E-state index in [1.165, 1.54) is 0 Å². The van der Waals surface area contributed by atoms with Crippen LogP contribution in [0, 0.1) is 0 Å². The van der Waals surface area contributed by atoms with Gasteiger partial charge in [0, 0.05) is 17.6 Å². The van der Waals surface area contributed by atoms with Gasteiger partial charge in [-0.1, -0.05) is 29.8 Å². The van der Waals surface area contributed by atoms with Crippen molar-refractivity contribution in [2.75, 3.05) is 6.61 Å². The predicted octanol–water partition coefficient (Wildman–Crippen LogP) is 4.30. The molecule has 2 aromatic rings. The van der Waals surface area contributed by atoms with Gasteiger partial charge in [0.2, 0.25) is 0 Å². The fourth-order valence-corrected chi connectivity index (χ4v) is 2.30. The molecule has 4 heteroatoms. The van der Waals surface area contributed by atoms with Crippen LogP contribution in [0.4, 0.5) is 0 Å². The van der Waals surface area contributed by atoms with E-state index in [0.717, 1.165) is 16.1 Å². The number of phenols is 1. The van der Waals surface area contributed by atoms with Crippen molar-refractivity contribution in [3.05, 3.63) is 58.6 Å². The van der Waals surface area contributed by atoms with Gasteiger partial charge in [-0.15, -0.1) is 0 Å². The molecule has 0 spiro atoms. The van der Waals surface area contributed by atoms with Crippen LogP contribution in [0.5, 0.6) is 11.5 Å². The van der Waals surface area contributed by atoms with Crippen molar-refractivity contribution in [2.45, 2.75) is 26.4 Å². The third-order valence-electron chi connectivity index (χ3n) is 3.29. The Morgan fingerprint density at radius 1 is 1.24 bits per heavy atom. The lowest BCUT2D eigenvalue weighted by molar-refractivity contribution is 0.317. The molecule has 0 bridgehead atoms. The smallest absolute Gasteiger partial charge is 0.161 e. The van der Waals surface area contributed by atoms with Gasteiger partial charge in [0.1, 0.15) is 0 Å². The second-order valence-corrected chi connectivity index (χ2v) is 5.33. The fourth-order valence-electron chi connectivity index (χ4n) is 2.10. The molecule has 0 aliphatic carbocycles. The average molecular weight is 306 g/mol. The highest BCUT2D eigenvalue weighted by Crippen LogP contribution is 2.27. The first-order chi connectivity index (χ1) is 10.1. The average Bonchev–Trinajstić information content (AvgIpc) is 2.48. The van der Waals surface area contributed by atoms with E-state index in [9.17, 15) is 5.11 Å². The number of halogens is 1. The molecule has 3 nitrogen and oxygen atoms in total. The second-order valence-electron chi connectivity index (χ2n) is 4.89. The highest BCUT2D eigenvalue weighted by molar-refractivity contribution is 6.30. The normalized spacial score (nSPS) is 12.1. The Hall–Kier alpha value is -1.71. The van der Waals surface area contributed by atoms with Crippen LogP contribution in [-0.4, -0.2) is 11.7 Å². The maximum atomic E-state index is 9.69. The Morgan fingerprint density at radius 2 is 2.05 bits per heavy atom. The molecule has 0 saturated heterocycles. The summed E-state index contributed by atoms with van der Waals surface area (Å²) in [5.41, 5.74) is 2.21. The van der Waals surface area contributed by atoms with E-state index >= 15 is 0 Å². The quantitative estimate of drug-likeness (QED) is 0.836. The van der Waals surface area contributed by atoms with Gasteiger partial charge in [0.15, 0.2) is 11.5 Å². The number of hydrogen-bond donors (Lipinski definition) is 2. The minimum Gasteiger partial charge on any atom is -0.504 e. The fraction of sp³-hybridized carbons (Fsp3) is 0.294. The first kappa shape index (κ1) is 15.7. The third-order valence-corrected chi connectivity index (χ3v) is 3.52. The number of nitrogens with one attached hydrogen (secondary N) is 1. The highest BCUT2D eigenvalue weighted by atomic mass is 35.5. The van der Waals surface area contributed by atoms with Gasteiger partial charge in [0.05, 0.1) is 6.61 Å². The molecule has 0 amide bonds. The van der Waals surface area contributed by atoms with Crippen LogP contribution < -0.4 is 10.1 Å². The molecule has 0 heterocycles. The lowest BCUT2D eigenvalue weighted by atomic mass is 10.1. The summed E-state index contributed by atoms with van der Waals surface area (Å²) in [5, 5.41) is 13.9. The monoisotopic (exact) mass is 305 g/mol. The molecule has 1 atom stereocenters. The van der Waals surface area contributed by atoms with Crippen molar-refractivity contribution in [3.63, 3.8) is 0 Å². The van der Waals surface area contributed by atoms with E-state index in [0.29, 0.717) is 18.9 Å². The minimum atomic E-state index is 0.170. The molecule has 2 rings (SSSR count). The van der Waals surface area contributed by atoms with Crippen LogP contribution >= 0.6 is 11.6 Å². The zero-order valence-corrected chi connectivity index (χ0v) is 13.0. The molecule has 21 heavy (non-hydrogen) atoms. The summed E-state index contributed by atoms with van der Waals surface area (Å²) >= 11 is 6.01. The molecule has 2 aromatic carbocycles. The molecule has 0 radical (unpaired) electrons. The van der Waals surface area contributed by atoms with Crippen LogP contribution in [-0.2, 0) is 6.54 Å². The summed E-state index contributed by atoms with van der Waals surface area (Å²) < 4.78 is 5.39. The minimum absolute atomic E-state index is 0.170. The molecular weight excluding hydrogens is 286 g/mol. The lowest BCUT2D eigenvalue weighted by Crippen LogP contribution is -2.18. The van der Waals surface area contributed by atoms with E-state index < -0.39 is 0 Å². The SMILES string of the molecule is CCOc1cc(CNC(C)c2cccc(Cl)c2)ccc1O. The molecule has 2 N–H and O–H groups in total. The van der Waals surface area contributed by atoms with Gasteiger partial charge < -0.3 is 15.2 Å². The van der Waals surface area contributed by atoms with Gasteiger partial charge in [-0.3, -0.25) is 0 Å². The molecule has 112 valence electrons. The third kappa shape index (κ3) is 4.38. The Kier molecular flexibility index (Phi) is 5.48. The van der Waals surface area contributed by atoms with Gasteiger partial charge in [-0.05, 0) is 49.2 Å². The van der Waals surface area contributed by atoms with Crippen LogP contribution in [0.3, 0.4) is 0 Å². The van der Waals surface area contributed by atoms with Gasteiger partial charge >= 0.3 is 0 Å².